The summed E-state index contributed by atoms with van der Waals surface area (Å²) in [6.45, 7) is 6.26. The van der Waals surface area contributed by atoms with Crippen LogP contribution in [0.5, 0.6) is 5.75 Å². The third kappa shape index (κ3) is 5.31. The van der Waals surface area contributed by atoms with E-state index in [1.165, 1.54) is 24.3 Å². The average Bonchev–Trinajstić information content (AvgIpc) is 2.60. The van der Waals surface area contributed by atoms with E-state index in [-0.39, 0.29) is 24.7 Å². The maximum atomic E-state index is 12.3. The van der Waals surface area contributed by atoms with E-state index >= 15 is 0 Å². The van der Waals surface area contributed by atoms with Gasteiger partial charge in [-0.25, -0.2) is 17.9 Å². The molecule has 2 aromatic rings. The molecule has 2 rings (SSSR count). The van der Waals surface area contributed by atoms with Crippen LogP contribution in [0.3, 0.4) is 0 Å². The van der Waals surface area contributed by atoms with Crippen molar-refractivity contribution in [1.29, 1.82) is 0 Å². The van der Waals surface area contributed by atoms with Gasteiger partial charge in [-0.1, -0.05) is 17.7 Å². The molecule has 0 fully saturated rings. The number of carbonyl (C=O) groups is 1. The van der Waals surface area contributed by atoms with Crippen LogP contribution in [0.25, 0.3) is 0 Å². The lowest BCUT2D eigenvalue weighted by Gasteiger charge is -2.11. The number of rotatable bonds is 8. The summed E-state index contributed by atoms with van der Waals surface area (Å²) in [7, 11) is -3.67. The zero-order valence-electron chi connectivity index (χ0n) is 15.1. The van der Waals surface area contributed by atoms with Gasteiger partial charge in [-0.3, -0.25) is 0 Å². The highest BCUT2D eigenvalue weighted by atomic mass is 32.2. The van der Waals surface area contributed by atoms with Gasteiger partial charge >= 0.3 is 5.97 Å². The van der Waals surface area contributed by atoms with Crippen molar-refractivity contribution in [1.82, 2.24) is 4.72 Å². The van der Waals surface area contributed by atoms with Gasteiger partial charge in [0.2, 0.25) is 10.0 Å². The summed E-state index contributed by atoms with van der Waals surface area (Å²) in [4.78, 5) is 11.7. The third-order valence-electron chi connectivity index (χ3n) is 3.66. The number of hydrogen-bond donors (Lipinski definition) is 1. The highest BCUT2D eigenvalue weighted by molar-refractivity contribution is 7.89. The predicted octanol–water partition coefficient (Wildman–Crippen LogP) is 2.84. The van der Waals surface area contributed by atoms with Crippen molar-refractivity contribution in [2.75, 3.05) is 19.8 Å². The number of nitrogens with one attached hydrogen (secondary N) is 1. The molecule has 0 heterocycles. The monoisotopic (exact) mass is 377 g/mol. The quantitative estimate of drug-likeness (QED) is 0.565. The number of carbonyl (C=O) groups excluding carboxylic acids is 1. The molecule has 7 heteroatoms. The normalized spacial score (nSPS) is 11.2. The van der Waals surface area contributed by atoms with E-state index < -0.39 is 16.0 Å². The van der Waals surface area contributed by atoms with Crippen LogP contribution in [0.4, 0.5) is 0 Å². The van der Waals surface area contributed by atoms with Gasteiger partial charge in [0.15, 0.2) is 0 Å². The molecular formula is C19H23NO5S. The van der Waals surface area contributed by atoms with Gasteiger partial charge < -0.3 is 9.47 Å². The first-order valence-electron chi connectivity index (χ1n) is 8.30. The molecule has 0 aliphatic carbocycles. The first-order chi connectivity index (χ1) is 12.3. The highest BCUT2D eigenvalue weighted by Gasteiger charge is 2.15. The molecule has 0 bridgehead atoms. The molecule has 0 spiro atoms. The number of ether oxygens (including phenoxy) is 2. The molecule has 2 aromatic carbocycles. The lowest BCUT2D eigenvalue weighted by molar-refractivity contribution is 0.0526. The van der Waals surface area contributed by atoms with E-state index in [9.17, 15) is 13.2 Å². The van der Waals surface area contributed by atoms with Crippen LogP contribution >= 0.6 is 0 Å². The Bertz CT molecular complexity index is 860. The van der Waals surface area contributed by atoms with Gasteiger partial charge in [-0.15, -0.1) is 0 Å². The molecule has 0 radical (unpaired) electrons. The maximum absolute atomic E-state index is 12.3. The second kappa shape index (κ2) is 8.82. The van der Waals surface area contributed by atoms with Crippen molar-refractivity contribution in [2.45, 2.75) is 25.7 Å². The van der Waals surface area contributed by atoms with Crippen molar-refractivity contribution >= 4 is 16.0 Å². The van der Waals surface area contributed by atoms with Crippen LogP contribution in [-0.4, -0.2) is 34.1 Å². The number of benzene rings is 2. The fourth-order valence-corrected chi connectivity index (χ4v) is 3.38. The fraction of sp³-hybridized carbons (Fsp3) is 0.316. The van der Waals surface area contributed by atoms with E-state index in [2.05, 4.69) is 4.72 Å². The number of sulfonamides is 1. The molecule has 6 nitrogen and oxygen atoms in total. The van der Waals surface area contributed by atoms with E-state index in [0.717, 1.165) is 16.9 Å². The van der Waals surface area contributed by atoms with Gasteiger partial charge in [0.25, 0.3) is 0 Å². The minimum Gasteiger partial charge on any atom is -0.492 e. The standard InChI is InChI=1S/C19H23NO5S/c1-4-24-19(21)16-6-8-17(9-7-16)26(22,23)20-11-12-25-18-10-5-14(2)13-15(18)3/h5-10,13,20H,4,11-12H2,1-3H3. The maximum Gasteiger partial charge on any atom is 0.338 e. The lowest BCUT2D eigenvalue weighted by atomic mass is 10.1. The molecule has 0 aliphatic rings. The van der Waals surface area contributed by atoms with E-state index in [1.54, 1.807) is 6.92 Å². The van der Waals surface area contributed by atoms with Crippen molar-refractivity contribution in [3.05, 3.63) is 59.2 Å². The molecule has 0 unspecified atom stereocenters. The van der Waals surface area contributed by atoms with Crippen LogP contribution < -0.4 is 9.46 Å². The zero-order chi connectivity index (χ0) is 19.2. The highest BCUT2D eigenvalue weighted by Crippen LogP contribution is 2.18. The zero-order valence-corrected chi connectivity index (χ0v) is 15.9. The predicted molar refractivity (Wildman–Crippen MR) is 99.0 cm³/mol. The Morgan fingerprint density at radius 1 is 1.08 bits per heavy atom. The summed E-state index contributed by atoms with van der Waals surface area (Å²) in [5.41, 5.74) is 2.45. The van der Waals surface area contributed by atoms with Gasteiger partial charge in [-0.2, -0.15) is 0 Å². The van der Waals surface area contributed by atoms with Gasteiger partial charge in [0.1, 0.15) is 12.4 Å². The molecule has 1 N–H and O–H groups in total. The second-order valence-electron chi connectivity index (χ2n) is 5.76. The molecule has 0 atom stereocenters. The van der Waals surface area contributed by atoms with Crippen molar-refractivity contribution < 1.29 is 22.7 Å². The molecule has 0 aromatic heterocycles. The van der Waals surface area contributed by atoms with Crippen molar-refractivity contribution in [2.24, 2.45) is 0 Å². The van der Waals surface area contributed by atoms with E-state index in [0.29, 0.717) is 5.56 Å². The Morgan fingerprint density at radius 2 is 1.77 bits per heavy atom. The topological polar surface area (TPSA) is 81.7 Å². The Morgan fingerprint density at radius 3 is 2.38 bits per heavy atom. The van der Waals surface area contributed by atoms with E-state index in [1.807, 2.05) is 32.0 Å². The number of hydrogen-bond acceptors (Lipinski definition) is 5. The largest absolute Gasteiger partial charge is 0.492 e. The Hall–Kier alpha value is -2.38. The molecular weight excluding hydrogens is 354 g/mol. The SMILES string of the molecule is CCOC(=O)c1ccc(S(=O)(=O)NCCOc2ccc(C)cc2C)cc1. The van der Waals surface area contributed by atoms with Crippen LogP contribution in [0.15, 0.2) is 47.4 Å². The molecule has 0 amide bonds. The Balaban J connectivity index is 1.91. The molecule has 26 heavy (non-hydrogen) atoms. The number of esters is 1. The summed E-state index contributed by atoms with van der Waals surface area (Å²) in [5, 5.41) is 0. The minimum atomic E-state index is -3.67. The van der Waals surface area contributed by atoms with Crippen LogP contribution in [0.1, 0.15) is 28.4 Å². The first kappa shape index (κ1) is 19.9. The summed E-state index contributed by atoms with van der Waals surface area (Å²) < 4.78 is 37.5. The lowest BCUT2D eigenvalue weighted by Crippen LogP contribution is -2.28. The van der Waals surface area contributed by atoms with Crippen LogP contribution in [0, 0.1) is 13.8 Å². The van der Waals surface area contributed by atoms with Gasteiger partial charge in [-0.05, 0) is 56.7 Å². The first-order valence-corrected chi connectivity index (χ1v) is 9.78. The summed E-state index contributed by atoms with van der Waals surface area (Å²) in [6, 6.07) is 11.4. The number of aryl methyl sites for hydroxylation is 2. The van der Waals surface area contributed by atoms with E-state index in [4.69, 9.17) is 9.47 Å². The van der Waals surface area contributed by atoms with Crippen molar-refractivity contribution in [3.63, 3.8) is 0 Å². The fourth-order valence-electron chi connectivity index (χ4n) is 2.37. The summed E-state index contributed by atoms with van der Waals surface area (Å²) >= 11 is 0. The molecule has 0 saturated carbocycles. The minimum absolute atomic E-state index is 0.0806. The van der Waals surface area contributed by atoms with Crippen LogP contribution in [0.2, 0.25) is 0 Å². The smallest absolute Gasteiger partial charge is 0.338 e. The summed E-state index contributed by atoms with van der Waals surface area (Å²) in [5.74, 6) is 0.250. The average molecular weight is 377 g/mol. The third-order valence-corrected chi connectivity index (χ3v) is 5.13. The van der Waals surface area contributed by atoms with Gasteiger partial charge in [0, 0.05) is 6.54 Å². The molecule has 0 aliphatic heterocycles. The Kier molecular flexibility index (Phi) is 6.76. The second-order valence-corrected chi connectivity index (χ2v) is 7.53. The van der Waals surface area contributed by atoms with Crippen LogP contribution in [-0.2, 0) is 14.8 Å². The van der Waals surface area contributed by atoms with Gasteiger partial charge in [0.05, 0.1) is 17.1 Å². The van der Waals surface area contributed by atoms with Crippen molar-refractivity contribution in [3.8, 4) is 5.75 Å². The molecule has 140 valence electrons. The summed E-state index contributed by atoms with van der Waals surface area (Å²) in [6.07, 6.45) is 0. The Labute approximate surface area is 154 Å². The molecule has 0 saturated heterocycles.